The Bertz CT molecular complexity index is 337. The van der Waals surface area contributed by atoms with E-state index in [1.165, 1.54) is 12.8 Å². The topological polar surface area (TPSA) is 45.7 Å². The van der Waals surface area contributed by atoms with Crippen molar-refractivity contribution < 1.29 is 9.13 Å². The van der Waals surface area contributed by atoms with Gasteiger partial charge < -0.3 is 15.4 Å². The molecule has 102 valence electrons. The summed E-state index contributed by atoms with van der Waals surface area (Å²) >= 11 is 0. The van der Waals surface area contributed by atoms with Gasteiger partial charge in [-0.2, -0.15) is 4.39 Å². The van der Waals surface area contributed by atoms with Gasteiger partial charge in [0.05, 0.1) is 6.61 Å². The molecule has 0 aromatic carbocycles. The maximum absolute atomic E-state index is 14.0. The highest BCUT2D eigenvalue weighted by Gasteiger charge is 2.25. The Morgan fingerprint density at radius 2 is 2.28 bits per heavy atom. The molecule has 0 aromatic heterocycles. The summed E-state index contributed by atoms with van der Waals surface area (Å²) in [6.45, 7) is 3.89. The highest BCUT2D eigenvalue weighted by atomic mass is 19.1. The van der Waals surface area contributed by atoms with E-state index in [1.807, 2.05) is 0 Å². The summed E-state index contributed by atoms with van der Waals surface area (Å²) in [7, 11) is 0. The molecule has 1 heterocycles. The van der Waals surface area contributed by atoms with E-state index >= 15 is 0 Å². The molecule has 0 unspecified atom stereocenters. The number of hydrogen-bond donors (Lipinski definition) is 2. The molecule has 1 aliphatic carbocycles. The Hall–Kier alpha value is -1.26. The van der Waals surface area contributed by atoms with E-state index in [2.05, 4.69) is 22.5 Å². The molecule has 5 heteroatoms. The molecule has 0 aromatic rings. The van der Waals surface area contributed by atoms with Gasteiger partial charge in [0.15, 0.2) is 5.84 Å². The summed E-state index contributed by atoms with van der Waals surface area (Å²) in [4.78, 5) is 4.08. The van der Waals surface area contributed by atoms with Crippen molar-refractivity contribution in [3.8, 4) is 0 Å². The summed E-state index contributed by atoms with van der Waals surface area (Å²) in [5, 5.41) is 5.88. The fraction of sp³-hybridized carbons (Fsp3) is 0.769. The minimum Gasteiger partial charge on any atom is -0.477 e. The third-order valence-electron chi connectivity index (χ3n) is 3.12. The number of halogens is 1. The van der Waals surface area contributed by atoms with Crippen LogP contribution >= 0.6 is 0 Å². The van der Waals surface area contributed by atoms with Crippen molar-refractivity contribution in [3.05, 3.63) is 11.7 Å². The van der Waals surface area contributed by atoms with E-state index in [4.69, 9.17) is 4.74 Å². The summed E-state index contributed by atoms with van der Waals surface area (Å²) in [5.74, 6) is 0.802. The van der Waals surface area contributed by atoms with Gasteiger partial charge in [0, 0.05) is 6.54 Å². The first-order valence-electron chi connectivity index (χ1n) is 6.86. The zero-order valence-electron chi connectivity index (χ0n) is 11.0. The average Bonchev–Trinajstić information content (AvgIpc) is 3.19. The lowest BCUT2D eigenvalue weighted by Gasteiger charge is -2.18. The number of unbranched alkanes of at least 4 members (excludes halogenated alkanes) is 2. The van der Waals surface area contributed by atoms with Crippen LogP contribution in [0.1, 0.15) is 39.0 Å². The molecule has 0 amide bonds. The minimum atomic E-state index is -0.390. The normalized spacial score (nSPS) is 19.3. The van der Waals surface area contributed by atoms with Crippen LogP contribution in [0.5, 0.6) is 0 Å². The van der Waals surface area contributed by atoms with Crippen LogP contribution in [-0.2, 0) is 4.74 Å². The molecule has 0 bridgehead atoms. The molecule has 2 aliphatic rings. The Morgan fingerprint density at radius 3 is 3.00 bits per heavy atom. The SMILES string of the molecule is CCCCCNC1=NCNC(OCC2CC2)=C1F. The Labute approximate surface area is 108 Å². The molecule has 2 rings (SSSR count). The van der Waals surface area contributed by atoms with Gasteiger partial charge in [-0.05, 0) is 25.2 Å². The Kier molecular flexibility index (Phi) is 4.84. The number of nitrogens with zero attached hydrogens (tertiary/aromatic N) is 1. The highest BCUT2D eigenvalue weighted by molar-refractivity contribution is 5.97. The van der Waals surface area contributed by atoms with Crippen LogP contribution in [-0.4, -0.2) is 25.7 Å². The lowest BCUT2D eigenvalue weighted by molar-refractivity contribution is 0.169. The second-order valence-corrected chi connectivity index (χ2v) is 4.87. The maximum atomic E-state index is 14.0. The van der Waals surface area contributed by atoms with Crippen LogP contribution in [0.3, 0.4) is 0 Å². The van der Waals surface area contributed by atoms with E-state index in [0.717, 1.165) is 25.8 Å². The van der Waals surface area contributed by atoms with Gasteiger partial charge in [0.1, 0.15) is 6.67 Å². The second kappa shape index (κ2) is 6.61. The van der Waals surface area contributed by atoms with Crippen LogP contribution in [0.4, 0.5) is 4.39 Å². The van der Waals surface area contributed by atoms with Crippen LogP contribution in [0.2, 0.25) is 0 Å². The number of hydrogen-bond acceptors (Lipinski definition) is 4. The van der Waals surface area contributed by atoms with Gasteiger partial charge in [-0.15, -0.1) is 0 Å². The molecular weight excluding hydrogens is 233 g/mol. The second-order valence-electron chi connectivity index (χ2n) is 4.87. The lowest BCUT2D eigenvalue weighted by Crippen LogP contribution is -2.34. The molecule has 0 saturated heterocycles. The molecule has 1 fully saturated rings. The van der Waals surface area contributed by atoms with Crippen LogP contribution in [0.15, 0.2) is 16.7 Å². The number of amidine groups is 1. The molecule has 0 atom stereocenters. The quantitative estimate of drug-likeness (QED) is 0.686. The molecule has 1 saturated carbocycles. The number of ether oxygens (including phenoxy) is 1. The van der Waals surface area contributed by atoms with Gasteiger partial charge in [-0.25, -0.2) is 4.99 Å². The lowest BCUT2D eigenvalue weighted by atomic mass is 10.2. The van der Waals surface area contributed by atoms with Crippen molar-refractivity contribution in [3.63, 3.8) is 0 Å². The third-order valence-corrected chi connectivity index (χ3v) is 3.12. The van der Waals surface area contributed by atoms with Gasteiger partial charge in [-0.1, -0.05) is 19.8 Å². The fourth-order valence-electron chi connectivity index (χ4n) is 1.76. The molecule has 0 radical (unpaired) electrons. The third kappa shape index (κ3) is 3.89. The molecule has 18 heavy (non-hydrogen) atoms. The molecule has 2 N–H and O–H groups in total. The summed E-state index contributed by atoms with van der Waals surface area (Å²) in [5.41, 5.74) is 0. The summed E-state index contributed by atoms with van der Waals surface area (Å²) < 4.78 is 19.4. The number of aliphatic imine (C=N–C) groups is 1. The number of rotatable bonds is 7. The van der Waals surface area contributed by atoms with Gasteiger partial charge in [-0.3, -0.25) is 0 Å². The Morgan fingerprint density at radius 1 is 1.44 bits per heavy atom. The molecule has 1 aliphatic heterocycles. The zero-order chi connectivity index (χ0) is 12.8. The van der Waals surface area contributed by atoms with Crippen molar-refractivity contribution in [1.29, 1.82) is 0 Å². The first-order chi connectivity index (χ1) is 8.81. The first kappa shape index (κ1) is 13.2. The van der Waals surface area contributed by atoms with Crippen LogP contribution < -0.4 is 10.6 Å². The maximum Gasteiger partial charge on any atom is 0.229 e. The predicted molar refractivity (Wildman–Crippen MR) is 69.8 cm³/mol. The summed E-state index contributed by atoms with van der Waals surface area (Å²) in [6.07, 6.45) is 5.74. The van der Waals surface area contributed by atoms with Crippen molar-refractivity contribution in [2.24, 2.45) is 10.9 Å². The first-order valence-corrected chi connectivity index (χ1v) is 6.86. The Balaban J connectivity index is 1.79. The summed E-state index contributed by atoms with van der Waals surface area (Å²) in [6, 6.07) is 0. The molecular formula is C13H22FN3O. The van der Waals surface area contributed by atoms with E-state index in [9.17, 15) is 4.39 Å². The average molecular weight is 255 g/mol. The highest BCUT2D eigenvalue weighted by Crippen LogP contribution is 2.29. The van der Waals surface area contributed by atoms with Crippen LogP contribution in [0, 0.1) is 5.92 Å². The smallest absolute Gasteiger partial charge is 0.229 e. The fourth-order valence-corrected chi connectivity index (χ4v) is 1.76. The number of nitrogens with one attached hydrogen (secondary N) is 2. The van der Waals surface area contributed by atoms with E-state index in [-0.39, 0.29) is 5.88 Å². The zero-order valence-corrected chi connectivity index (χ0v) is 11.0. The standard InChI is InChI=1S/C13H22FN3O/c1-2-3-4-7-15-12-11(14)13(17-9-16-12)18-8-10-5-6-10/h10,17H,2-9H2,1H3,(H,15,16). The molecule has 0 spiro atoms. The largest absolute Gasteiger partial charge is 0.477 e. The van der Waals surface area contributed by atoms with E-state index in [1.54, 1.807) is 0 Å². The van der Waals surface area contributed by atoms with Gasteiger partial charge >= 0.3 is 0 Å². The van der Waals surface area contributed by atoms with Crippen LogP contribution in [0.25, 0.3) is 0 Å². The van der Waals surface area contributed by atoms with Crippen molar-refractivity contribution in [2.75, 3.05) is 19.8 Å². The van der Waals surface area contributed by atoms with Crippen molar-refractivity contribution in [2.45, 2.75) is 39.0 Å². The van der Waals surface area contributed by atoms with E-state index < -0.39 is 5.83 Å². The van der Waals surface area contributed by atoms with Crippen molar-refractivity contribution in [1.82, 2.24) is 10.6 Å². The minimum absolute atomic E-state index is 0.245. The van der Waals surface area contributed by atoms with E-state index in [0.29, 0.717) is 25.0 Å². The predicted octanol–water partition coefficient (Wildman–Crippen LogP) is 2.29. The molecule has 4 nitrogen and oxygen atoms in total. The van der Waals surface area contributed by atoms with Crippen molar-refractivity contribution >= 4 is 5.84 Å². The monoisotopic (exact) mass is 255 g/mol. The van der Waals surface area contributed by atoms with Gasteiger partial charge in [0.25, 0.3) is 0 Å². The van der Waals surface area contributed by atoms with Gasteiger partial charge in [0.2, 0.25) is 11.7 Å².